The van der Waals surface area contributed by atoms with Crippen molar-refractivity contribution in [2.75, 3.05) is 5.32 Å². The molecule has 120 valence electrons. The van der Waals surface area contributed by atoms with E-state index in [-0.39, 0.29) is 12.1 Å². The van der Waals surface area contributed by atoms with Gasteiger partial charge in [-0.2, -0.15) is 0 Å². The maximum absolute atomic E-state index is 13.1. The molecule has 0 fully saturated rings. The minimum atomic E-state index is -0.252. The number of benzene rings is 2. The first-order valence-corrected chi connectivity index (χ1v) is 8.73. The molecule has 1 aliphatic heterocycles. The molecule has 4 nitrogen and oxygen atoms in total. The smallest absolute Gasteiger partial charge is 0.258 e. The van der Waals surface area contributed by atoms with Gasteiger partial charge >= 0.3 is 0 Å². The van der Waals surface area contributed by atoms with Gasteiger partial charge in [0, 0.05) is 17.6 Å². The van der Waals surface area contributed by atoms with Crippen molar-refractivity contribution in [3.8, 4) is 0 Å². The summed E-state index contributed by atoms with van der Waals surface area (Å²) in [5.41, 5.74) is 3.55. The molecule has 3 aromatic rings. The molecule has 0 unspecified atom stereocenters. The van der Waals surface area contributed by atoms with Gasteiger partial charge < -0.3 is 10.2 Å². The van der Waals surface area contributed by atoms with Crippen molar-refractivity contribution in [3.63, 3.8) is 0 Å². The van der Waals surface area contributed by atoms with E-state index in [0.717, 1.165) is 22.0 Å². The molecule has 0 spiro atoms. The highest BCUT2D eigenvalue weighted by molar-refractivity contribution is 7.09. The molecular formula is C19H17N3OS. The lowest BCUT2D eigenvalue weighted by molar-refractivity contribution is 0.0663. The topological polar surface area (TPSA) is 45.2 Å². The van der Waals surface area contributed by atoms with Crippen LogP contribution in [0.3, 0.4) is 0 Å². The molecule has 0 radical (unpaired) electrons. The Morgan fingerprint density at radius 2 is 1.88 bits per heavy atom. The van der Waals surface area contributed by atoms with Gasteiger partial charge in [0.25, 0.3) is 5.91 Å². The summed E-state index contributed by atoms with van der Waals surface area (Å²) in [4.78, 5) is 19.5. The van der Waals surface area contributed by atoms with Gasteiger partial charge in [-0.05, 0) is 24.6 Å². The molecular weight excluding hydrogens is 318 g/mol. The first kappa shape index (κ1) is 14.9. The molecule has 2 heterocycles. The van der Waals surface area contributed by atoms with Crippen molar-refractivity contribution >= 4 is 22.9 Å². The van der Waals surface area contributed by atoms with Gasteiger partial charge in [-0.25, -0.2) is 4.98 Å². The van der Waals surface area contributed by atoms with Crippen LogP contribution in [-0.4, -0.2) is 15.8 Å². The third-order valence-electron chi connectivity index (χ3n) is 4.13. The Labute approximate surface area is 144 Å². The second kappa shape index (κ2) is 6.09. The number of amides is 1. The SMILES string of the molecule is Cc1nc([C@@H]2Nc3ccccc3C(=O)N2Cc2ccccc2)cs1. The lowest BCUT2D eigenvalue weighted by Crippen LogP contribution is -2.42. The minimum absolute atomic E-state index is 0.0313. The first-order valence-electron chi connectivity index (χ1n) is 7.85. The number of fused-ring (bicyclic) bond motifs is 1. The Bertz CT molecular complexity index is 875. The van der Waals surface area contributed by atoms with Gasteiger partial charge in [0.15, 0.2) is 0 Å². The molecule has 1 N–H and O–H groups in total. The molecule has 4 rings (SSSR count). The fourth-order valence-electron chi connectivity index (χ4n) is 2.98. The van der Waals surface area contributed by atoms with Crippen LogP contribution < -0.4 is 5.32 Å². The number of para-hydroxylation sites is 1. The molecule has 0 aliphatic carbocycles. The van der Waals surface area contributed by atoms with Crippen molar-refractivity contribution < 1.29 is 4.79 Å². The van der Waals surface area contributed by atoms with E-state index in [1.165, 1.54) is 0 Å². The number of nitrogens with zero attached hydrogens (tertiary/aromatic N) is 2. The lowest BCUT2D eigenvalue weighted by atomic mass is 10.1. The average molecular weight is 335 g/mol. The maximum Gasteiger partial charge on any atom is 0.258 e. The minimum Gasteiger partial charge on any atom is -0.359 e. The van der Waals surface area contributed by atoms with Crippen molar-refractivity contribution in [2.45, 2.75) is 19.6 Å². The molecule has 5 heteroatoms. The van der Waals surface area contributed by atoms with E-state index in [4.69, 9.17) is 0 Å². The van der Waals surface area contributed by atoms with Crippen molar-refractivity contribution in [1.82, 2.24) is 9.88 Å². The number of carbonyl (C=O) groups excluding carboxylic acids is 1. The summed E-state index contributed by atoms with van der Waals surface area (Å²) in [7, 11) is 0. The number of aryl methyl sites for hydroxylation is 1. The highest BCUT2D eigenvalue weighted by Gasteiger charge is 2.33. The Morgan fingerprint density at radius 3 is 2.62 bits per heavy atom. The Kier molecular flexibility index (Phi) is 3.78. The Hall–Kier alpha value is -2.66. The molecule has 0 saturated carbocycles. The van der Waals surface area contributed by atoms with Gasteiger partial charge in [0.05, 0.1) is 16.3 Å². The van der Waals surface area contributed by atoms with E-state index in [9.17, 15) is 4.79 Å². The van der Waals surface area contributed by atoms with Crippen LogP contribution in [0.25, 0.3) is 0 Å². The van der Waals surface area contributed by atoms with Crippen LogP contribution in [0, 0.1) is 6.92 Å². The molecule has 1 atom stereocenters. The second-order valence-corrected chi connectivity index (χ2v) is 6.86. The number of aromatic nitrogens is 1. The molecule has 2 aromatic carbocycles. The van der Waals surface area contributed by atoms with Crippen LogP contribution >= 0.6 is 11.3 Å². The van der Waals surface area contributed by atoms with Crippen molar-refractivity contribution in [2.24, 2.45) is 0 Å². The predicted octanol–water partition coefficient (Wildman–Crippen LogP) is 4.22. The summed E-state index contributed by atoms with van der Waals surface area (Å²) in [5, 5.41) is 6.49. The van der Waals surface area contributed by atoms with Crippen molar-refractivity contribution in [1.29, 1.82) is 0 Å². The van der Waals surface area contributed by atoms with Crippen LogP contribution in [0.5, 0.6) is 0 Å². The maximum atomic E-state index is 13.1. The molecule has 0 saturated heterocycles. The summed E-state index contributed by atoms with van der Waals surface area (Å²) in [6.45, 7) is 2.52. The van der Waals surface area contributed by atoms with E-state index >= 15 is 0 Å². The van der Waals surface area contributed by atoms with Crippen LogP contribution in [0.1, 0.15) is 32.8 Å². The molecule has 1 amide bonds. The van der Waals surface area contributed by atoms with Crippen LogP contribution in [0.4, 0.5) is 5.69 Å². The number of thiazole rings is 1. The largest absolute Gasteiger partial charge is 0.359 e. The average Bonchev–Trinajstić information content (AvgIpc) is 3.04. The number of anilines is 1. The third-order valence-corrected chi connectivity index (χ3v) is 4.93. The van der Waals surface area contributed by atoms with Crippen molar-refractivity contribution in [3.05, 3.63) is 81.8 Å². The van der Waals surface area contributed by atoms with Gasteiger partial charge in [-0.1, -0.05) is 42.5 Å². The highest BCUT2D eigenvalue weighted by Crippen LogP contribution is 2.34. The van der Waals surface area contributed by atoms with Crippen LogP contribution in [-0.2, 0) is 6.54 Å². The fourth-order valence-corrected chi connectivity index (χ4v) is 3.61. The van der Waals surface area contributed by atoms with Gasteiger partial charge in [0.1, 0.15) is 6.17 Å². The van der Waals surface area contributed by atoms with E-state index in [2.05, 4.69) is 10.3 Å². The predicted molar refractivity (Wildman–Crippen MR) is 96.0 cm³/mol. The van der Waals surface area contributed by atoms with E-state index < -0.39 is 0 Å². The standard InChI is InChI=1S/C19H17N3OS/c1-13-20-17(12-24-13)18-21-16-10-6-5-9-15(16)19(23)22(18)11-14-7-3-2-4-8-14/h2-10,12,18,21H,11H2,1H3/t18-/m1/s1. The quantitative estimate of drug-likeness (QED) is 0.779. The first-order chi connectivity index (χ1) is 11.7. The van der Waals surface area contributed by atoms with Gasteiger partial charge in [-0.3, -0.25) is 4.79 Å². The normalized spacial score (nSPS) is 16.6. The van der Waals surface area contributed by atoms with Gasteiger partial charge in [-0.15, -0.1) is 11.3 Å². The molecule has 1 aliphatic rings. The van der Waals surface area contributed by atoms with Gasteiger partial charge in [0.2, 0.25) is 0 Å². The monoisotopic (exact) mass is 335 g/mol. The lowest BCUT2D eigenvalue weighted by Gasteiger charge is -2.37. The number of hydrogen-bond donors (Lipinski definition) is 1. The van der Waals surface area contributed by atoms with Crippen LogP contribution in [0.2, 0.25) is 0 Å². The molecule has 24 heavy (non-hydrogen) atoms. The molecule has 1 aromatic heterocycles. The Morgan fingerprint density at radius 1 is 1.12 bits per heavy atom. The van der Waals surface area contributed by atoms with Crippen LogP contribution in [0.15, 0.2) is 60.0 Å². The number of rotatable bonds is 3. The summed E-state index contributed by atoms with van der Waals surface area (Å²) in [6.07, 6.45) is -0.252. The zero-order valence-corrected chi connectivity index (χ0v) is 14.1. The summed E-state index contributed by atoms with van der Waals surface area (Å²) in [5.74, 6) is 0.0313. The summed E-state index contributed by atoms with van der Waals surface area (Å²) in [6, 6.07) is 17.7. The Balaban J connectivity index is 1.75. The number of nitrogens with one attached hydrogen (secondary N) is 1. The third kappa shape index (κ3) is 2.67. The second-order valence-electron chi connectivity index (χ2n) is 5.80. The van der Waals surface area contributed by atoms with E-state index in [1.54, 1.807) is 11.3 Å². The zero-order valence-electron chi connectivity index (χ0n) is 13.3. The highest BCUT2D eigenvalue weighted by atomic mass is 32.1. The van der Waals surface area contributed by atoms with E-state index in [0.29, 0.717) is 12.1 Å². The zero-order chi connectivity index (χ0) is 16.5. The van der Waals surface area contributed by atoms with E-state index in [1.807, 2.05) is 71.8 Å². The summed E-state index contributed by atoms with van der Waals surface area (Å²) < 4.78 is 0. The number of carbonyl (C=O) groups is 1. The fraction of sp³-hybridized carbons (Fsp3) is 0.158. The summed E-state index contributed by atoms with van der Waals surface area (Å²) >= 11 is 1.60. The molecule has 0 bridgehead atoms. The number of hydrogen-bond acceptors (Lipinski definition) is 4.